The van der Waals surface area contributed by atoms with Gasteiger partial charge in [-0.25, -0.2) is 4.79 Å². The average molecular weight is 256 g/mol. The molecule has 0 amide bonds. The van der Waals surface area contributed by atoms with Crippen LogP contribution < -0.4 is 5.32 Å². The predicted molar refractivity (Wildman–Crippen MR) is 70.9 cm³/mol. The Bertz CT molecular complexity index is 388. The zero-order chi connectivity index (χ0) is 13.0. The SMILES string of the molecule is Cc1sc(C(=O)O)cc1CNCC(C)N(C)C. The van der Waals surface area contributed by atoms with E-state index < -0.39 is 5.97 Å². The van der Waals surface area contributed by atoms with Crippen molar-refractivity contribution in [2.75, 3.05) is 20.6 Å². The van der Waals surface area contributed by atoms with Gasteiger partial charge in [0, 0.05) is 24.0 Å². The maximum Gasteiger partial charge on any atom is 0.345 e. The van der Waals surface area contributed by atoms with Crippen molar-refractivity contribution in [1.82, 2.24) is 10.2 Å². The van der Waals surface area contributed by atoms with Crippen LogP contribution in [0.2, 0.25) is 0 Å². The second-order valence-corrected chi connectivity index (χ2v) is 5.70. The van der Waals surface area contributed by atoms with E-state index in [1.165, 1.54) is 11.3 Å². The summed E-state index contributed by atoms with van der Waals surface area (Å²) >= 11 is 1.34. The summed E-state index contributed by atoms with van der Waals surface area (Å²) in [7, 11) is 4.09. The highest BCUT2D eigenvalue weighted by Gasteiger charge is 2.11. The predicted octanol–water partition coefficient (Wildman–Crippen LogP) is 1.79. The van der Waals surface area contributed by atoms with Crippen LogP contribution in [0, 0.1) is 6.92 Å². The molecule has 1 unspecified atom stereocenters. The van der Waals surface area contributed by atoms with Crippen molar-refractivity contribution in [3.05, 3.63) is 21.4 Å². The van der Waals surface area contributed by atoms with Crippen LogP contribution >= 0.6 is 11.3 Å². The molecule has 0 fully saturated rings. The summed E-state index contributed by atoms with van der Waals surface area (Å²) in [5, 5.41) is 12.2. The van der Waals surface area contributed by atoms with Crippen LogP contribution in [0.15, 0.2) is 6.07 Å². The highest BCUT2D eigenvalue weighted by molar-refractivity contribution is 7.14. The number of aryl methyl sites for hydroxylation is 1. The molecule has 0 bridgehead atoms. The van der Waals surface area contributed by atoms with Gasteiger partial charge in [0.1, 0.15) is 4.88 Å². The molecule has 1 rings (SSSR count). The molecule has 0 saturated carbocycles. The summed E-state index contributed by atoms with van der Waals surface area (Å²) < 4.78 is 0. The first-order valence-corrected chi connectivity index (χ1v) is 6.43. The smallest absolute Gasteiger partial charge is 0.345 e. The van der Waals surface area contributed by atoms with Crippen molar-refractivity contribution in [2.45, 2.75) is 26.4 Å². The standard InChI is InChI=1S/C12H20N2O2S/c1-8(14(3)4)6-13-7-10-5-11(12(15)16)17-9(10)2/h5,8,13H,6-7H2,1-4H3,(H,15,16). The lowest BCUT2D eigenvalue weighted by Crippen LogP contribution is -2.35. The zero-order valence-electron chi connectivity index (χ0n) is 10.8. The Morgan fingerprint density at radius 2 is 2.24 bits per heavy atom. The molecule has 0 radical (unpaired) electrons. The quantitative estimate of drug-likeness (QED) is 0.815. The monoisotopic (exact) mass is 256 g/mol. The Morgan fingerprint density at radius 1 is 1.59 bits per heavy atom. The first-order chi connectivity index (χ1) is 7.91. The maximum atomic E-state index is 10.8. The van der Waals surface area contributed by atoms with E-state index in [2.05, 4.69) is 17.1 Å². The topological polar surface area (TPSA) is 52.6 Å². The lowest BCUT2D eigenvalue weighted by Gasteiger charge is -2.19. The van der Waals surface area contributed by atoms with E-state index in [1.807, 2.05) is 21.0 Å². The number of nitrogens with zero attached hydrogens (tertiary/aromatic N) is 1. The van der Waals surface area contributed by atoms with Crippen molar-refractivity contribution in [1.29, 1.82) is 0 Å². The first kappa shape index (κ1) is 14.2. The molecule has 0 spiro atoms. The molecule has 0 saturated heterocycles. The molecule has 0 aliphatic heterocycles. The van der Waals surface area contributed by atoms with Crippen LogP contribution in [-0.2, 0) is 6.54 Å². The molecule has 0 aromatic carbocycles. The van der Waals surface area contributed by atoms with Crippen LogP contribution in [0.5, 0.6) is 0 Å². The number of thiophene rings is 1. The van der Waals surface area contributed by atoms with Crippen molar-refractivity contribution in [3.63, 3.8) is 0 Å². The minimum atomic E-state index is -0.842. The number of rotatable bonds is 6. The number of carboxylic acids is 1. The molecule has 0 aliphatic rings. The van der Waals surface area contributed by atoms with Gasteiger partial charge in [-0.15, -0.1) is 11.3 Å². The summed E-state index contributed by atoms with van der Waals surface area (Å²) in [6.07, 6.45) is 0. The third kappa shape index (κ3) is 4.11. The third-order valence-electron chi connectivity index (χ3n) is 2.87. The number of nitrogens with one attached hydrogen (secondary N) is 1. The number of hydrogen-bond acceptors (Lipinski definition) is 4. The van der Waals surface area contributed by atoms with Gasteiger partial charge in [0.05, 0.1) is 0 Å². The minimum Gasteiger partial charge on any atom is -0.477 e. The Balaban J connectivity index is 2.49. The van der Waals surface area contributed by atoms with Crippen molar-refractivity contribution >= 4 is 17.3 Å². The number of carbonyl (C=O) groups is 1. The third-order valence-corrected chi connectivity index (χ3v) is 3.95. The second-order valence-electron chi connectivity index (χ2n) is 4.44. The van der Waals surface area contributed by atoms with Gasteiger partial charge < -0.3 is 15.3 Å². The van der Waals surface area contributed by atoms with Crippen LogP contribution in [-0.4, -0.2) is 42.7 Å². The van der Waals surface area contributed by atoms with Crippen LogP contribution in [0.1, 0.15) is 27.0 Å². The fraction of sp³-hybridized carbons (Fsp3) is 0.583. The summed E-state index contributed by atoms with van der Waals surface area (Å²) in [5.74, 6) is -0.842. The lowest BCUT2D eigenvalue weighted by atomic mass is 10.2. The van der Waals surface area contributed by atoms with Crippen molar-refractivity contribution < 1.29 is 9.90 Å². The van der Waals surface area contributed by atoms with Crippen LogP contribution in [0.4, 0.5) is 0 Å². The molecule has 4 nitrogen and oxygen atoms in total. The number of carboxylic acid groups (broad SMARTS) is 1. The summed E-state index contributed by atoms with van der Waals surface area (Å²) in [6.45, 7) is 5.73. The van der Waals surface area contributed by atoms with Gasteiger partial charge in [-0.3, -0.25) is 0 Å². The van der Waals surface area contributed by atoms with E-state index in [0.717, 1.165) is 23.5 Å². The Hall–Kier alpha value is -0.910. The molecule has 2 N–H and O–H groups in total. The Labute approximate surface area is 106 Å². The molecule has 0 aliphatic carbocycles. The first-order valence-electron chi connectivity index (χ1n) is 5.61. The van der Waals surface area contributed by atoms with E-state index in [1.54, 1.807) is 6.07 Å². The van der Waals surface area contributed by atoms with Crippen LogP contribution in [0.3, 0.4) is 0 Å². The van der Waals surface area contributed by atoms with Gasteiger partial charge in [0.15, 0.2) is 0 Å². The van der Waals surface area contributed by atoms with E-state index in [-0.39, 0.29) is 0 Å². The van der Waals surface area contributed by atoms with Crippen molar-refractivity contribution in [3.8, 4) is 0 Å². The average Bonchev–Trinajstić information content (AvgIpc) is 2.60. The van der Waals surface area contributed by atoms with E-state index in [0.29, 0.717) is 10.9 Å². The number of hydrogen-bond donors (Lipinski definition) is 2. The number of likely N-dealkylation sites (N-methyl/N-ethyl adjacent to an activating group) is 1. The second kappa shape index (κ2) is 6.14. The highest BCUT2D eigenvalue weighted by atomic mass is 32.1. The molecule has 1 atom stereocenters. The zero-order valence-corrected chi connectivity index (χ0v) is 11.6. The molecule has 1 aromatic rings. The highest BCUT2D eigenvalue weighted by Crippen LogP contribution is 2.21. The molecular weight excluding hydrogens is 236 g/mol. The van der Waals surface area contributed by atoms with E-state index in [9.17, 15) is 4.79 Å². The summed E-state index contributed by atoms with van der Waals surface area (Å²) in [5.41, 5.74) is 1.08. The van der Waals surface area contributed by atoms with E-state index in [4.69, 9.17) is 5.11 Å². The van der Waals surface area contributed by atoms with Crippen molar-refractivity contribution in [2.24, 2.45) is 0 Å². The van der Waals surface area contributed by atoms with Gasteiger partial charge in [-0.05, 0) is 39.6 Å². The van der Waals surface area contributed by atoms with Gasteiger partial charge in [0.2, 0.25) is 0 Å². The molecule has 96 valence electrons. The molecular formula is C12H20N2O2S. The van der Waals surface area contributed by atoms with E-state index >= 15 is 0 Å². The number of aromatic carboxylic acids is 1. The fourth-order valence-corrected chi connectivity index (χ4v) is 2.28. The summed E-state index contributed by atoms with van der Waals surface area (Å²) in [4.78, 5) is 14.5. The molecule has 17 heavy (non-hydrogen) atoms. The Morgan fingerprint density at radius 3 is 2.71 bits per heavy atom. The molecule has 1 aromatic heterocycles. The van der Waals surface area contributed by atoms with Crippen LogP contribution in [0.25, 0.3) is 0 Å². The van der Waals surface area contributed by atoms with Gasteiger partial charge >= 0.3 is 5.97 Å². The molecule has 1 heterocycles. The van der Waals surface area contributed by atoms with Gasteiger partial charge in [0.25, 0.3) is 0 Å². The largest absolute Gasteiger partial charge is 0.477 e. The van der Waals surface area contributed by atoms with Gasteiger partial charge in [-0.2, -0.15) is 0 Å². The summed E-state index contributed by atoms with van der Waals surface area (Å²) in [6, 6.07) is 2.23. The Kier molecular flexibility index (Phi) is 5.11. The maximum absolute atomic E-state index is 10.8. The fourth-order valence-electron chi connectivity index (χ4n) is 1.40. The minimum absolute atomic E-state index is 0.417. The molecule has 5 heteroatoms. The lowest BCUT2D eigenvalue weighted by molar-refractivity contribution is 0.0702. The van der Waals surface area contributed by atoms with Gasteiger partial charge in [-0.1, -0.05) is 0 Å². The normalized spacial score (nSPS) is 13.0.